The fourth-order valence-corrected chi connectivity index (χ4v) is 10.4. The van der Waals surface area contributed by atoms with E-state index in [0.717, 1.165) is 62.7 Å². The van der Waals surface area contributed by atoms with E-state index in [1.807, 2.05) is 6.08 Å². The van der Waals surface area contributed by atoms with Gasteiger partial charge in [0.15, 0.2) is 0 Å². The number of hydrogen-bond acceptors (Lipinski definition) is 3. The molecule has 0 fully saturated rings. The fourth-order valence-electron chi connectivity index (χ4n) is 9.81. The molecule has 0 amide bonds. The zero-order valence-corrected chi connectivity index (χ0v) is 41.4. The van der Waals surface area contributed by atoms with Crippen LogP contribution in [0.15, 0.2) is 284 Å². The molecule has 9 aromatic carbocycles. The number of likely N-dealkylation sites (N-methyl/N-ethyl adjacent to an activating group) is 1. The van der Waals surface area contributed by atoms with Crippen LogP contribution in [0.2, 0.25) is 0 Å². The Morgan fingerprint density at radius 2 is 1.06 bits per heavy atom. The first-order valence-electron chi connectivity index (χ1n) is 24.3. The lowest BCUT2D eigenvalue weighted by molar-refractivity contribution is 0.559. The van der Waals surface area contributed by atoms with E-state index in [9.17, 15) is 0 Å². The second-order valence-electron chi connectivity index (χ2n) is 17.6. The van der Waals surface area contributed by atoms with E-state index >= 15 is 0 Å². The van der Waals surface area contributed by atoms with Crippen molar-refractivity contribution in [3.63, 3.8) is 0 Å². The van der Waals surface area contributed by atoms with Gasteiger partial charge >= 0.3 is 0 Å². The highest BCUT2D eigenvalue weighted by atomic mass is 32.2. The molecule has 9 aromatic rings. The summed E-state index contributed by atoms with van der Waals surface area (Å²) < 4.78 is 0. The van der Waals surface area contributed by atoms with Crippen LogP contribution >= 0.6 is 11.8 Å². The summed E-state index contributed by atoms with van der Waals surface area (Å²) in [5.74, 6) is 0. The molecule has 0 radical (unpaired) electrons. The third kappa shape index (κ3) is 9.79. The van der Waals surface area contributed by atoms with Gasteiger partial charge in [-0.3, -0.25) is 0 Å². The van der Waals surface area contributed by atoms with Gasteiger partial charge in [-0.15, -0.1) is 11.8 Å². The van der Waals surface area contributed by atoms with Crippen molar-refractivity contribution in [2.45, 2.75) is 18.2 Å². The van der Waals surface area contributed by atoms with Crippen LogP contribution in [-0.2, 0) is 0 Å². The predicted molar refractivity (Wildman–Crippen MR) is 308 cm³/mol. The molecule has 0 spiro atoms. The average molecular weight is 933 g/mol. The molecular formula is C68H56N2S. The minimum Gasteiger partial charge on any atom is -0.344 e. The molecule has 3 heteroatoms. The van der Waals surface area contributed by atoms with Gasteiger partial charge in [0.2, 0.25) is 0 Å². The van der Waals surface area contributed by atoms with Crippen LogP contribution in [0.25, 0.3) is 66.4 Å². The number of thioether (sulfide) groups is 1. The van der Waals surface area contributed by atoms with Crippen LogP contribution in [0.5, 0.6) is 0 Å². The Kier molecular flexibility index (Phi) is 14.0. The van der Waals surface area contributed by atoms with E-state index in [1.165, 1.54) is 54.6 Å². The van der Waals surface area contributed by atoms with Crippen LogP contribution < -0.4 is 4.90 Å². The first-order valence-corrected chi connectivity index (χ1v) is 25.5. The van der Waals surface area contributed by atoms with Crippen LogP contribution in [-0.4, -0.2) is 18.2 Å². The maximum absolute atomic E-state index is 4.34. The Bertz CT molecular complexity index is 3490. The molecule has 0 atom stereocenters. The standard InChI is InChI=1S/C68H56N2S/c1-5-21-66(59(6-2)65-32-17-18-35-68(65)71-4)69(3)67-34-12-8-11-31-64(67)63-30-16-15-29-62(63)55-26-19-27-58(48-55)70(56-44-40-51(41-45-56)49-22-9-7-10-23-49)57-46-42-52(43-47-57)50-36-38-54(39-37-50)61-33-20-25-53-24-13-14-28-60(53)61/h5-7,9-48H,2,8H2,1,3-4H3/b21-5-,66-59-. The third-order valence-corrected chi connectivity index (χ3v) is 14.1. The van der Waals surface area contributed by atoms with Crippen LogP contribution in [0.4, 0.5) is 17.1 Å². The summed E-state index contributed by atoms with van der Waals surface area (Å²) in [5, 5.41) is 2.52. The maximum Gasteiger partial charge on any atom is 0.0484 e. The van der Waals surface area contributed by atoms with Gasteiger partial charge < -0.3 is 9.80 Å². The molecule has 0 saturated carbocycles. The minimum absolute atomic E-state index is 0.845. The van der Waals surface area contributed by atoms with Crippen molar-refractivity contribution in [2.24, 2.45) is 0 Å². The van der Waals surface area contributed by atoms with E-state index in [1.54, 1.807) is 11.8 Å². The first kappa shape index (κ1) is 46.4. The van der Waals surface area contributed by atoms with E-state index in [2.05, 4.69) is 291 Å². The minimum atomic E-state index is 0.845. The molecule has 0 aromatic heterocycles. The molecule has 0 aliphatic heterocycles. The smallest absolute Gasteiger partial charge is 0.0484 e. The predicted octanol–water partition coefficient (Wildman–Crippen LogP) is 19.0. The summed E-state index contributed by atoms with van der Waals surface area (Å²) in [6.45, 7) is 6.42. The molecule has 2 nitrogen and oxygen atoms in total. The van der Waals surface area contributed by atoms with Gasteiger partial charge in [0.05, 0.1) is 0 Å². The summed E-state index contributed by atoms with van der Waals surface area (Å²) in [6, 6.07) is 79.0. The summed E-state index contributed by atoms with van der Waals surface area (Å²) >= 11 is 1.76. The molecule has 1 aliphatic rings. The highest BCUT2D eigenvalue weighted by molar-refractivity contribution is 7.98. The van der Waals surface area contributed by atoms with Gasteiger partial charge in [0, 0.05) is 51.5 Å². The van der Waals surface area contributed by atoms with E-state index in [-0.39, 0.29) is 0 Å². The lowest BCUT2D eigenvalue weighted by Crippen LogP contribution is -2.18. The van der Waals surface area contributed by atoms with Crippen molar-refractivity contribution in [3.8, 4) is 44.5 Å². The number of hydrogen-bond donors (Lipinski definition) is 0. The zero-order chi connectivity index (χ0) is 48.5. The number of allylic oxidation sites excluding steroid dienone is 9. The third-order valence-electron chi connectivity index (χ3n) is 13.3. The lowest BCUT2D eigenvalue weighted by Gasteiger charge is -2.28. The highest BCUT2D eigenvalue weighted by Crippen LogP contribution is 2.42. The normalized spacial score (nSPS) is 12.8. The van der Waals surface area contributed by atoms with Crippen molar-refractivity contribution in [1.29, 1.82) is 0 Å². The Morgan fingerprint density at radius 3 is 1.76 bits per heavy atom. The lowest BCUT2D eigenvalue weighted by atomic mass is 9.92. The molecule has 71 heavy (non-hydrogen) atoms. The van der Waals surface area contributed by atoms with Crippen LogP contribution in [0.3, 0.4) is 0 Å². The molecule has 0 N–H and O–H groups in total. The average Bonchev–Trinajstić information content (AvgIpc) is 3.70. The van der Waals surface area contributed by atoms with E-state index in [4.69, 9.17) is 0 Å². The largest absolute Gasteiger partial charge is 0.344 e. The number of nitrogens with zero attached hydrogens (tertiary/aromatic N) is 2. The van der Waals surface area contributed by atoms with Gasteiger partial charge in [-0.1, -0.05) is 213 Å². The monoisotopic (exact) mass is 932 g/mol. The van der Waals surface area contributed by atoms with Gasteiger partial charge in [-0.2, -0.15) is 0 Å². The van der Waals surface area contributed by atoms with Crippen LogP contribution in [0.1, 0.15) is 24.5 Å². The Morgan fingerprint density at radius 1 is 0.507 bits per heavy atom. The number of fused-ring (bicyclic) bond motifs is 1. The summed E-state index contributed by atoms with van der Waals surface area (Å²) in [4.78, 5) is 5.92. The molecular weight excluding hydrogens is 877 g/mol. The van der Waals surface area contributed by atoms with Gasteiger partial charge in [-0.25, -0.2) is 0 Å². The second kappa shape index (κ2) is 21.5. The van der Waals surface area contributed by atoms with Crippen molar-refractivity contribution in [1.82, 2.24) is 4.90 Å². The zero-order valence-electron chi connectivity index (χ0n) is 40.5. The van der Waals surface area contributed by atoms with Gasteiger partial charge in [-0.05, 0) is 141 Å². The summed E-state index contributed by atoms with van der Waals surface area (Å²) in [5.41, 5.74) is 19.5. The van der Waals surface area contributed by atoms with Crippen molar-refractivity contribution in [3.05, 3.63) is 290 Å². The van der Waals surface area contributed by atoms with E-state index in [0.29, 0.717) is 0 Å². The summed E-state index contributed by atoms with van der Waals surface area (Å²) in [7, 11) is 2.18. The molecule has 0 heterocycles. The Labute approximate surface area is 424 Å². The first-order chi connectivity index (χ1) is 35.0. The summed E-state index contributed by atoms with van der Waals surface area (Å²) in [6.07, 6.45) is 18.4. The SMILES string of the molecule is C=C/C(=C(\C=C/C)N(C)C1=C(c2ccccc2-c2cccc(N(c3ccc(-c4ccccc4)cc3)c3ccc(-c4ccc(-c5cccc6ccccc56)cc4)cc3)c2)C=CCC=C1)c1ccccc1SC. The van der Waals surface area contributed by atoms with Crippen LogP contribution in [0, 0.1) is 0 Å². The molecule has 10 rings (SSSR count). The molecule has 0 bridgehead atoms. The van der Waals surface area contributed by atoms with Gasteiger partial charge in [0.25, 0.3) is 0 Å². The van der Waals surface area contributed by atoms with Crippen molar-refractivity contribution < 1.29 is 0 Å². The topological polar surface area (TPSA) is 6.48 Å². The number of benzene rings is 9. The van der Waals surface area contributed by atoms with Crippen molar-refractivity contribution >= 4 is 50.7 Å². The molecule has 344 valence electrons. The molecule has 1 aliphatic carbocycles. The Hall–Kier alpha value is -8.37. The molecule has 0 unspecified atom stereocenters. The Balaban J connectivity index is 1.04. The fraction of sp³-hybridized carbons (Fsp3) is 0.0588. The number of rotatable bonds is 14. The van der Waals surface area contributed by atoms with Gasteiger partial charge in [0.1, 0.15) is 0 Å². The van der Waals surface area contributed by atoms with E-state index < -0.39 is 0 Å². The quantitative estimate of drug-likeness (QED) is 0.0792. The maximum atomic E-state index is 4.34. The second-order valence-corrected chi connectivity index (χ2v) is 18.4. The highest BCUT2D eigenvalue weighted by Gasteiger charge is 2.21. The molecule has 0 saturated heterocycles. The van der Waals surface area contributed by atoms with Crippen molar-refractivity contribution in [2.75, 3.05) is 18.2 Å². The number of anilines is 3.